The van der Waals surface area contributed by atoms with Crippen LogP contribution in [-0.4, -0.2) is 5.11 Å². The minimum Gasteiger partial charge on any atom is -0.388 e. The maximum atomic E-state index is 11.2. The second-order valence-corrected chi connectivity index (χ2v) is 6.22. The molecule has 0 saturated heterocycles. The van der Waals surface area contributed by atoms with Gasteiger partial charge in [-0.05, 0) is 29.0 Å². The molecule has 3 aromatic rings. The molecule has 1 nitrogen and oxygen atoms in total. The Labute approximate surface area is 144 Å². The molecule has 0 amide bonds. The highest BCUT2D eigenvalue weighted by molar-refractivity contribution is 5.33. The molecule has 3 atom stereocenters. The molecule has 0 radical (unpaired) electrons. The molecule has 0 bridgehead atoms. The topological polar surface area (TPSA) is 20.2 Å². The Kier molecular flexibility index (Phi) is 5.45. The zero-order chi connectivity index (χ0) is 16.8. The summed E-state index contributed by atoms with van der Waals surface area (Å²) in [4.78, 5) is 0. The van der Waals surface area contributed by atoms with E-state index in [4.69, 9.17) is 0 Å². The predicted octanol–water partition coefficient (Wildman–Crippen LogP) is 5.70. The lowest BCUT2D eigenvalue weighted by Crippen LogP contribution is -2.19. The van der Waals surface area contributed by atoms with Crippen LogP contribution >= 0.6 is 0 Å². The van der Waals surface area contributed by atoms with Crippen LogP contribution < -0.4 is 0 Å². The van der Waals surface area contributed by atoms with Crippen LogP contribution in [0.4, 0.5) is 0 Å². The van der Waals surface area contributed by atoms with Crippen molar-refractivity contribution >= 4 is 0 Å². The zero-order valence-electron chi connectivity index (χ0n) is 14.0. The van der Waals surface area contributed by atoms with Crippen molar-refractivity contribution in [2.45, 2.75) is 31.3 Å². The van der Waals surface area contributed by atoms with Crippen LogP contribution in [0.3, 0.4) is 0 Å². The summed E-state index contributed by atoms with van der Waals surface area (Å²) >= 11 is 0. The fourth-order valence-corrected chi connectivity index (χ4v) is 3.56. The van der Waals surface area contributed by atoms with Crippen LogP contribution in [0, 0.1) is 0 Å². The van der Waals surface area contributed by atoms with Gasteiger partial charge in [-0.25, -0.2) is 0 Å². The number of aliphatic hydroxyl groups is 1. The second kappa shape index (κ2) is 7.94. The molecule has 24 heavy (non-hydrogen) atoms. The van der Waals surface area contributed by atoms with Crippen LogP contribution in [-0.2, 0) is 0 Å². The van der Waals surface area contributed by atoms with Crippen LogP contribution in [0.5, 0.6) is 0 Å². The second-order valence-electron chi connectivity index (χ2n) is 6.22. The van der Waals surface area contributed by atoms with Crippen molar-refractivity contribution in [1.82, 2.24) is 0 Å². The van der Waals surface area contributed by atoms with Gasteiger partial charge < -0.3 is 5.11 Å². The van der Waals surface area contributed by atoms with E-state index in [-0.39, 0.29) is 11.8 Å². The molecular formula is C23H24O. The standard InChI is InChI=1S/C23H24O/c1-2-21(18-12-6-3-7-13-18)22(19-14-8-4-9-15-19)23(24)20-16-10-5-11-17-20/h3-17,21-24H,2H2,1H3/t21-,22-,23+/m0/s1. The first kappa shape index (κ1) is 16.5. The highest BCUT2D eigenvalue weighted by Crippen LogP contribution is 2.43. The van der Waals surface area contributed by atoms with Crippen molar-refractivity contribution in [2.75, 3.05) is 0 Å². The van der Waals surface area contributed by atoms with E-state index >= 15 is 0 Å². The normalized spacial score (nSPS) is 14.8. The summed E-state index contributed by atoms with van der Waals surface area (Å²) in [5.74, 6) is 0.296. The van der Waals surface area contributed by atoms with Crippen molar-refractivity contribution in [2.24, 2.45) is 0 Å². The summed E-state index contributed by atoms with van der Waals surface area (Å²) < 4.78 is 0. The quantitative estimate of drug-likeness (QED) is 0.618. The zero-order valence-corrected chi connectivity index (χ0v) is 14.0. The first-order valence-electron chi connectivity index (χ1n) is 8.64. The molecule has 1 N–H and O–H groups in total. The van der Waals surface area contributed by atoms with Crippen LogP contribution in [0.25, 0.3) is 0 Å². The molecule has 0 aliphatic heterocycles. The molecule has 0 heterocycles. The summed E-state index contributed by atoms with van der Waals surface area (Å²) in [6.07, 6.45) is 0.451. The van der Waals surface area contributed by atoms with Gasteiger partial charge in [0.25, 0.3) is 0 Å². The highest BCUT2D eigenvalue weighted by Gasteiger charge is 2.30. The fraction of sp³-hybridized carbons (Fsp3) is 0.217. The number of aliphatic hydroxyl groups excluding tert-OH is 1. The van der Waals surface area contributed by atoms with Gasteiger partial charge in [-0.15, -0.1) is 0 Å². The molecule has 3 aromatic carbocycles. The average molecular weight is 316 g/mol. The van der Waals surface area contributed by atoms with Gasteiger partial charge in [0.1, 0.15) is 0 Å². The molecule has 0 fully saturated rings. The van der Waals surface area contributed by atoms with Gasteiger partial charge in [0.15, 0.2) is 0 Å². The van der Waals surface area contributed by atoms with Gasteiger partial charge in [-0.2, -0.15) is 0 Å². The van der Waals surface area contributed by atoms with E-state index in [2.05, 4.69) is 55.5 Å². The number of benzene rings is 3. The first-order chi connectivity index (χ1) is 11.8. The molecule has 0 aliphatic rings. The van der Waals surface area contributed by atoms with Gasteiger partial charge in [0.05, 0.1) is 6.10 Å². The number of hydrogen-bond donors (Lipinski definition) is 1. The van der Waals surface area contributed by atoms with Crippen molar-refractivity contribution in [3.05, 3.63) is 108 Å². The molecule has 0 aromatic heterocycles. The van der Waals surface area contributed by atoms with Crippen molar-refractivity contribution in [3.8, 4) is 0 Å². The van der Waals surface area contributed by atoms with E-state index in [9.17, 15) is 5.11 Å². The first-order valence-corrected chi connectivity index (χ1v) is 8.64. The van der Waals surface area contributed by atoms with Crippen molar-refractivity contribution in [3.63, 3.8) is 0 Å². The van der Waals surface area contributed by atoms with E-state index in [0.29, 0.717) is 0 Å². The molecule has 0 aliphatic carbocycles. The average Bonchev–Trinajstić information content (AvgIpc) is 2.67. The summed E-state index contributed by atoms with van der Waals surface area (Å²) in [5.41, 5.74) is 3.44. The van der Waals surface area contributed by atoms with Gasteiger partial charge in [0.2, 0.25) is 0 Å². The Hall–Kier alpha value is -2.38. The van der Waals surface area contributed by atoms with E-state index < -0.39 is 6.10 Å². The Morgan fingerprint density at radius 3 is 1.50 bits per heavy atom. The summed E-state index contributed by atoms with van der Waals surface area (Å²) in [5, 5.41) is 11.2. The Morgan fingerprint density at radius 1 is 0.625 bits per heavy atom. The number of rotatable bonds is 6. The molecule has 122 valence electrons. The van der Waals surface area contributed by atoms with Gasteiger partial charge in [-0.3, -0.25) is 0 Å². The lowest BCUT2D eigenvalue weighted by Gasteiger charge is -2.31. The lowest BCUT2D eigenvalue weighted by molar-refractivity contribution is 0.130. The third-order valence-corrected chi connectivity index (χ3v) is 4.77. The third-order valence-electron chi connectivity index (χ3n) is 4.77. The minimum atomic E-state index is -0.529. The molecule has 1 heteroatoms. The van der Waals surface area contributed by atoms with Crippen LogP contribution in [0.15, 0.2) is 91.0 Å². The third kappa shape index (κ3) is 3.58. The molecule has 3 rings (SSSR count). The summed E-state index contributed by atoms with van der Waals surface area (Å²) in [6.45, 7) is 2.20. The van der Waals surface area contributed by atoms with Gasteiger partial charge in [-0.1, -0.05) is 97.9 Å². The summed E-state index contributed by atoms with van der Waals surface area (Å²) in [6, 6.07) is 30.9. The smallest absolute Gasteiger partial charge is 0.0864 e. The maximum absolute atomic E-state index is 11.2. The molecule has 0 spiro atoms. The van der Waals surface area contributed by atoms with Crippen molar-refractivity contribution < 1.29 is 5.11 Å². The minimum absolute atomic E-state index is 0.0287. The maximum Gasteiger partial charge on any atom is 0.0864 e. The Balaban J connectivity index is 2.05. The van der Waals surface area contributed by atoms with E-state index in [1.807, 2.05) is 42.5 Å². The number of hydrogen-bond acceptors (Lipinski definition) is 1. The van der Waals surface area contributed by atoms with Crippen LogP contribution in [0.2, 0.25) is 0 Å². The predicted molar refractivity (Wildman–Crippen MR) is 100 cm³/mol. The Morgan fingerprint density at radius 2 is 1.04 bits per heavy atom. The lowest BCUT2D eigenvalue weighted by atomic mass is 9.75. The van der Waals surface area contributed by atoms with Gasteiger partial charge >= 0.3 is 0 Å². The van der Waals surface area contributed by atoms with E-state index in [1.165, 1.54) is 11.1 Å². The van der Waals surface area contributed by atoms with Crippen LogP contribution in [0.1, 0.15) is 48.0 Å². The molecular weight excluding hydrogens is 292 g/mol. The summed E-state index contributed by atoms with van der Waals surface area (Å²) in [7, 11) is 0. The molecule has 0 unspecified atom stereocenters. The van der Waals surface area contributed by atoms with Crippen molar-refractivity contribution in [1.29, 1.82) is 0 Å². The Bertz CT molecular complexity index is 722. The largest absolute Gasteiger partial charge is 0.388 e. The van der Waals surface area contributed by atoms with E-state index in [1.54, 1.807) is 0 Å². The van der Waals surface area contributed by atoms with E-state index in [0.717, 1.165) is 12.0 Å². The monoisotopic (exact) mass is 316 g/mol. The highest BCUT2D eigenvalue weighted by atomic mass is 16.3. The molecule has 0 saturated carbocycles. The SMILES string of the molecule is CC[C@@H](c1ccccc1)[C@H](c1ccccc1)[C@H](O)c1ccccc1. The van der Waals surface area contributed by atoms with Gasteiger partial charge in [0, 0.05) is 5.92 Å². The fourth-order valence-electron chi connectivity index (χ4n) is 3.56.